The molecule has 0 unspecified atom stereocenters. The highest BCUT2D eigenvalue weighted by molar-refractivity contribution is 7.92. The number of fused-ring (bicyclic) bond motifs is 1. The molecule has 0 radical (unpaired) electrons. The van der Waals surface area contributed by atoms with Gasteiger partial charge in [-0.25, -0.2) is 8.42 Å². The van der Waals surface area contributed by atoms with Gasteiger partial charge in [-0.2, -0.15) is 0 Å². The normalized spacial score (nSPS) is 11.5. The molecule has 0 saturated carbocycles. The zero-order chi connectivity index (χ0) is 22.7. The van der Waals surface area contributed by atoms with Crippen LogP contribution in [0.25, 0.3) is 10.2 Å². The Hall–Kier alpha value is -3.37. The lowest BCUT2D eigenvalue weighted by atomic mass is 10.1. The monoisotopic (exact) mass is 471 g/mol. The fraction of sp³-hybridized carbons (Fsp3) is 0.182. The highest BCUT2D eigenvalue weighted by Gasteiger charge is 2.20. The molecule has 8 nitrogen and oxygen atoms in total. The van der Waals surface area contributed by atoms with Gasteiger partial charge in [-0.1, -0.05) is 30.4 Å². The van der Waals surface area contributed by atoms with Crippen LogP contribution in [0, 0.1) is 0 Å². The predicted octanol–water partition coefficient (Wildman–Crippen LogP) is 3.80. The molecule has 0 aliphatic rings. The van der Waals surface area contributed by atoms with E-state index in [2.05, 4.69) is 10.0 Å². The summed E-state index contributed by atoms with van der Waals surface area (Å²) in [6.45, 7) is 2.72. The van der Waals surface area contributed by atoms with Crippen LogP contribution in [0.4, 0.5) is 5.69 Å². The maximum absolute atomic E-state index is 13.0. The zero-order valence-corrected chi connectivity index (χ0v) is 18.8. The number of nitrogens with one attached hydrogen (secondary N) is 2. The highest BCUT2D eigenvalue weighted by atomic mass is 32.2. The number of hydrogen-bond donors (Lipinski definition) is 2. The van der Waals surface area contributed by atoms with Crippen molar-refractivity contribution in [3.63, 3.8) is 0 Å². The van der Waals surface area contributed by atoms with Crippen LogP contribution in [0.5, 0.6) is 0 Å². The SMILES string of the molecule is CCCn1c(=O)sc2cc(S(=O)(=O)Nc3ccccc3C(=O)NCc3ccco3)ccc21. The van der Waals surface area contributed by atoms with Crippen LogP contribution in [0.2, 0.25) is 0 Å². The number of carbonyl (C=O) groups is 1. The van der Waals surface area contributed by atoms with Crippen LogP contribution in [0.3, 0.4) is 0 Å². The molecule has 1 amide bonds. The molecule has 2 aromatic carbocycles. The van der Waals surface area contributed by atoms with Gasteiger partial charge >= 0.3 is 4.87 Å². The summed E-state index contributed by atoms with van der Waals surface area (Å²) in [4.78, 5) is 24.7. The van der Waals surface area contributed by atoms with Crippen molar-refractivity contribution in [1.82, 2.24) is 9.88 Å². The summed E-state index contributed by atoms with van der Waals surface area (Å²) < 4.78 is 36.0. The molecule has 0 atom stereocenters. The van der Waals surface area contributed by atoms with Crippen molar-refractivity contribution in [1.29, 1.82) is 0 Å². The zero-order valence-electron chi connectivity index (χ0n) is 17.2. The maximum atomic E-state index is 13.0. The maximum Gasteiger partial charge on any atom is 0.308 e. The minimum atomic E-state index is -3.99. The molecule has 32 heavy (non-hydrogen) atoms. The third-order valence-electron chi connectivity index (χ3n) is 4.82. The number of sulfonamides is 1. The Balaban J connectivity index is 1.60. The van der Waals surface area contributed by atoms with Gasteiger partial charge < -0.3 is 9.73 Å². The van der Waals surface area contributed by atoms with Gasteiger partial charge in [0.25, 0.3) is 15.9 Å². The highest BCUT2D eigenvalue weighted by Crippen LogP contribution is 2.25. The van der Waals surface area contributed by atoms with E-state index in [0.29, 0.717) is 22.5 Å². The molecule has 0 spiro atoms. The number of amides is 1. The number of para-hydroxylation sites is 1. The van der Waals surface area contributed by atoms with E-state index in [1.807, 2.05) is 6.92 Å². The van der Waals surface area contributed by atoms with Gasteiger partial charge in [0.05, 0.1) is 39.2 Å². The number of rotatable bonds is 8. The first-order valence-electron chi connectivity index (χ1n) is 9.95. The molecule has 0 saturated heterocycles. The first-order chi connectivity index (χ1) is 15.4. The number of benzene rings is 2. The lowest BCUT2D eigenvalue weighted by molar-refractivity contribution is 0.0949. The van der Waals surface area contributed by atoms with Crippen molar-refractivity contribution >= 4 is 43.2 Å². The Morgan fingerprint density at radius 2 is 1.94 bits per heavy atom. The molecular formula is C22H21N3O5S2. The molecule has 2 aromatic heterocycles. The Morgan fingerprint density at radius 3 is 2.69 bits per heavy atom. The van der Waals surface area contributed by atoms with Gasteiger partial charge in [0.15, 0.2) is 0 Å². The fourth-order valence-corrected chi connectivity index (χ4v) is 5.44. The van der Waals surface area contributed by atoms with E-state index in [9.17, 15) is 18.0 Å². The Labute approximate surface area is 188 Å². The number of carbonyl (C=O) groups excluding carboxylic acids is 1. The summed E-state index contributed by atoms with van der Waals surface area (Å²) in [5.74, 6) is 0.142. The van der Waals surface area contributed by atoms with Crippen molar-refractivity contribution < 1.29 is 17.6 Å². The third kappa shape index (κ3) is 4.46. The van der Waals surface area contributed by atoms with Crippen molar-refractivity contribution in [2.45, 2.75) is 31.3 Å². The number of furan rings is 1. The first-order valence-corrected chi connectivity index (χ1v) is 12.2. The quantitative estimate of drug-likeness (QED) is 0.406. The van der Waals surface area contributed by atoms with Gasteiger partial charge in [-0.05, 0) is 48.9 Å². The summed E-state index contributed by atoms with van der Waals surface area (Å²) in [5.41, 5.74) is 1.04. The molecule has 4 rings (SSSR count). The second-order valence-corrected chi connectivity index (χ2v) is 9.74. The summed E-state index contributed by atoms with van der Waals surface area (Å²) in [6.07, 6.45) is 2.31. The van der Waals surface area contributed by atoms with E-state index >= 15 is 0 Å². The standard InChI is InChI=1S/C22H21N3O5S2/c1-2-11-25-19-10-9-16(13-20(19)31-22(25)27)32(28,29)24-18-8-4-3-7-17(18)21(26)23-14-15-6-5-12-30-15/h3-10,12-13,24H,2,11,14H2,1H3,(H,23,26). The van der Waals surface area contributed by atoms with Crippen LogP contribution in [-0.2, 0) is 23.1 Å². The second kappa shape index (κ2) is 9.01. The van der Waals surface area contributed by atoms with Crippen LogP contribution in [0.15, 0.2) is 75.0 Å². The summed E-state index contributed by atoms with van der Waals surface area (Å²) in [7, 11) is -3.99. The minimum absolute atomic E-state index is 0.0145. The van der Waals surface area contributed by atoms with Crippen molar-refractivity contribution in [2.24, 2.45) is 0 Å². The van der Waals surface area contributed by atoms with Crippen LogP contribution in [0.1, 0.15) is 29.5 Å². The molecule has 10 heteroatoms. The number of aryl methyl sites for hydroxylation is 1. The van der Waals surface area contributed by atoms with Crippen LogP contribution in [-0.4, -0.2) is 18.9 Å². The lowest BCUT2D eigenvalue weighted by Crippen LogP contribution is -2.24. The van der Waals surface area contributed by atoms with Crippen LogP contribution >= 0.6 is 11.3 Å². The largest absolute Gasteiger partial charge is 0.467 e. The second-order valence-electron chi connectivity index (χ2n) is 7.06. The van der Waals surface area contributed by atoms with Gasteiger partial charge in [-0.3, -0.25) is 18.9 Å². The summed E-state index contributed by atoms with van der Waals surface area (Å²) in [5, 5.41) is 2.71. The van der Waals surface area contributed by atoms with Crippen molar-refractivity contribution in [3.05, 3.63) is 81.9 Å². The predicted molar refractivity (Wildman–Crippen MR) is 124 cm³/mol. The fourth-order valence-electron chi connectivity index (χ4n) is 3.30. The first kappa shape index (κ1) is 21.8. The molecule has 166 valence electrons. The molecule has 0 aliphatic carbocycles. The third-order valence-corrected chi connectivity index (χ3v) is 7.12. The molecule has 4 aromatic rings. The Kier molecular flexibility index (Phi) is 6.15. The van der Waals surface area contributed by atoms with E-state index in [0.717, 1.165) is 17.8 Å². The van der Waals surface area contributed by atoms with Gasteiger partial charge in [0.2, 0.25) is 0 Å². The number of aromatic nitrogens is 1. The van der Waals surface area contributed by atoms with E-state index in [1.54, 1.807) is 34.9 Å². The number of anilines is 1. The van der Waals surface area contributed by atoms with Crippen molar-refractivity contribution in [2.75, 3.05) is 4.72 Å². The van der Waals surface area contributed by atoms with Gasteiger partial charge in [-0.15, -0.1) is 0 Å². The van der Waals surface area contributed by atoms with Gasteiger partial charge in [0, 0.05) is 6.54 Å². The van der Waals surface area contributed by atoms with E-state index in [1.165, 1.54) is 30.5 Å². The molecular weight excluding hydrogens is 450 g/mol. The molecule has 0 fully saturated rings. The van der Waals surface area contributed by atoms with Crippen LogP contribution < -0.4 is 14.9 Å². The molecule has 2 N–H and O–H groups in total. The topological polar surface area (TPSA) is 110 Å². The van der Waals surface area contributed by atoms with E-state index in [-0.39, 0.29) is 27.6 Å². The number of hydrogen-bond acceptors (Lipinski definition) is 6. The average Bonchev–Trinajstić information content (AvgIpc) is 3.40. The molecule has 2 heterocycles. The van der Waals surface area contributed by atoms with Crippen molar-refractivity contribution in [3.8, 4) is 0 Å². The molecule has 0 bridgehead atoms. The Morgan fingerprint density at radius 1 is 1.12 bits per heavy atom. The average molecular weight is 472 g/mol. The summed E-state index contributed by atoms with van der Waals surface area (Å²) in [6, 6.07) is 14.4. The van der Waals surface area contributed by atoms with E-state index in [4.69, 9.17) is 4.42 Å². The molecule has 0 aliphatic heterocycles. The Bertz CT molecular complexity index is 1420. The number of nitrogens with zero attached hydrogens (tertiary/aromatic N) is 1. The lowest BCUT2D eigenvalue weighted by Gasteiger charge is -2.13. The van der Waals surface area contributed by atoms with E-state index < -0.39 is 15.9 Å². The number of thiazole rings is 1. The smallest absolute Gasteiger partial charge is 0.308 e. The minimum Gasteiger partial charge on any atom is -0.467 e. The van der Waals surface area contributed by atoms with Gasteiger partial charge in [0.1, 0.15) is 5.76 Å². The summed E-state index contributed by atoms with van der Waals surface area (Å²) >= 11 is 1.01.